The first-order chi connectivity index (χ1) is 16.7. The van der Waals surface area contributed by atoms with Crippen molar-refractivity contribution < 1.29 is 9.47 Å². The van der Waals surface area contributed by atoms with E-state index in [9.17, 15) is 0 Å². The second-order valence-electron chi connectivity index (χ2n) is 7.66. The van der Waals surface area contributed by atoms with Gasteiger partial charge in [-0.3, -0.25) is 21.7 Å². The molecule has 1 fully saturated rings. The number of hydrogen-bond donors (Lipinski definition) is 4. The molecule has 2 heterocycles. The standard InChI is InChI=1S/C23H31N9O2/c1-4-31-13-15-32(16-14-31)23-25-21(29-27-17-5-9-19(33-2)10-6-17)24-22(26-23)30-28-18-7-11-20(34-3)12-8-18/h5-12,27-28H,4,13-16H2,1-3H3,(H2,24,25,26,29,30). The van der Waals surface area contributed by atoms with E-state index in [1.165, 1.54) is 0 Å². The molecule has 3 aromatic rings. The van der Waals surface area contributed by atoms with Crippen LogP contribution < -0.4 is 36.1 Å². The zero-order chi connectivity index (χ0) is 23.8. The topological polar surface area (TPSA) is 112 Å². The summed E-state index contributed by atoms with van der Waals surface area (Å²) in [5, 5.41) is 0. The highest BCUT2D eigenvalue weighted by Crippen LogP contribution is 2.19. The SMILES string of the molecule is CCN1CCN(c2nc(NNc3ccc(OC)cc3)nc(NNc3ccc(OC)cc3)n2)CC1. The molecule has 1 aliphatic rings. The lowest BCUT2D eigenvalue weighted by atomic mass is 10.3. The molecule has 1 saturated heterocycles. The van der Waals surface area contributed by atoms with Gasteiger partial charge in [0.2, 0.25) is 17.8 Å². The van der Waals surface area contributed by atoms with Gasteiger partial charge in [0.25, 0.3) is 0 Å². The lowest BCUT2D eigenvalue weighted by Gasteiger charge is -2.34. The molecule has 0 saturated carbocycles. The zero-order valence-electron chi connectivity index (χ0n) is 19.7. The average Bonchev–Trinajstić information content (AvgIpc) is 2.91. The van der Waals surface area contributed by atoms with Crippen molar-refractivity contribution in [1.82, 2.24) is 19.9 Å². The second kappa shape index (κ2) is 11.2. The molecule has 4 rings (SSSR count). The Balaban J connectivity index is 1.48. The van der Waals surface area contributed by atoms with Crippen LogP contribution in [0, 0.1) is 0 Å². The van der Waals surface area contributed by atoms with Crippen molar-refractivity contribution in [2.45, 2.75) is 6.92 Å². The van der Waals surface area contributed by atoms with Gasteiger partial charge in [-0.15, -0.1) is 0 Å². The van der Waals surface area contributed by atoms with Gasteiger partial charge in [0, 0.05) is 26.2 Å². The van der Waals surface area contributed by atoms with Crippen LogP contribution in [0.1, 0.15) is 6.92 Å². The quantitative estimate of drug-likeness (QED) is 0.332. The van der Waals surface area contributed by atoms with Gasteiger partial charge in [-0.05, 0) is 55.1 Å². The van der Waals surface area contributed by atoms with E-state index in [0.29, 0.717) is 17.8 Å². The maximum absolute atomic E-state index is 5.21. The lowest BCUT2D eigenvalue weighted by molar-refractivity contribution is 0.270. The molecule has 1 aliphatic heterocycles. The Labute approximate surface area is 199 Å². The second-order valence-corrected chi connectivity index (χ2v) is 7.66. The van der Waals surface area contributed by atoms with E-state index in [1.807, 2.05) is 48.5 Å². The first-order valence-corrected chi connectivity index (χ1v) is 11.2. The summed E-state index contributed by atoms with van der Waals surface area (Å²) in [5.74, 6) is 2.99. The van der Waals surface area contributed by atoms with Gasteiger partial charge in [-0.1, -0.05) is 6.92 Å². The number of hydrazine groups is 2. The summed E-state index contributed by atoms with van der Waals surface area (Å²) >= 11 is 0. The third kappa shape index (κ3) is 6.07. The van der Waals surface area contributed by atoms with Crippen LogP contribution in [0.4, 0.5) is 29.2 Å². The van der Waals surface area contributed by atoms with E-state index >= 15 is 0 Å². The summed E-state index contributed by atoms with van der Waals surface area (Å²) in [6.45, 7) is 6.88. The van der Waals surface area contributed by atoms with Crippen LogP contribution in [0.25, 0.3) is 0 Å². The molecule has 2 aromatic carbocycles. The van der Waals surface area contributed by atoms with Crippen molar-refractivity contribution in [1.29, 1.82) is 0 Å². The molecule has 0 spiro atoms. The minimum Gasteiger partial charge on any atom is -0.497 e. The number of aromatic nitrogens is 3. The smallest absolute Gasteiger partial charge is 0.248 e. The number of methoxy groups -OCH3 is 2. The third-order valence-corrected chi connectivity index (χ3v) is 5.54. The molecule has 1 aromatic heterocycles. The van der Waals surface area contributed by atoms with Crippen LogP contribution in [-0.2, 0) is 0 Å². The number of hydrogen-bond acceptors (Lipinski definition) is 11. The minimum atomic E-state index is 0.401. The molecule has 11 heteroatoms. The fraction of sp³-hybridized carbons (Fsp3) is 0.348. The van der Waals surface area contributed by atoms with Crippen molar-refractivity contribution in [3.05, 3.63) is 48.5 Å². The Morgan fingerprint density at radius 1 is 0.676 bits per heavy atom. The summed E-state index contributed by atoms with van der Waals surface area (Å²) in [5.41, 5.74) is 14.1. The van der Waals surface area contributed by atoms with E-state index in [-0.39, 0.29) is 0 Å². The van der Waals surface area contributed by atoms with E-state index < -0.39 is 0 Å². The van der Waals surface area contributed by atoms with Gasteiger partial charge >= 0.3 is 0 Å². The molecule has 0 amide bonds. The van der Waals surface area contributed by atoms with E-state index in [2.05, 4.69) is 53.4 Å². The third-order valence-electron chi connectivity index (χ3n) is 5.54. The average molecular weight is 466 g/mol. The number of rotatable bonds is 10. The molecular weight excluding hydrogens is 434 g/mol. The van der Waals surface area contributed by atoms with Crippen molar-refractivity contribution in [3.8, 4) is 11.5 Å². The van der Waals surface area contributed by atoms with Gasteiger partial charge < -0.3 is 19.3 Å². The van der Waals surface area contributed by atoms with Gasteiger partial charge in [-0.25, -0.2) is 0 Å². The predicted molar refractivity (Wildman–Crippen MR) is 135 cm³/mol. The number of ether oxygens (including phenoxy) is 2. The van der Waals surface area contributed by atoms with Gasteiger partial charge in [0.05, 0.1) is 25.6 Å². The van der Waals surface area contributed by atoms with Crippen molar-refractivity contribution in [3.63, 3.8) is 0 Å². The number of likely N-dealkylation sites (N-methyl/N-ethyl adjacent to an activating group) is 1. The number of benzene rings is 2. The van der Waals surface area contributed by atoms with Crippen molar-refractivity contribution in [2.75, 3.05) is 73.5 Å². The summed E-state index contributed by atoms with van der Waals surface area (Å²) in [6, 6.07) is 15.1. The molecule has 0 radical (unpaired) electrons. The molecule has 4 N–H and O–H groups in total. The fourth-order valence-electron chi connectivity index (χ4n) is 3.49. The molecular formula is C23H31N9O2. The van der Waals surface area contributed by atoms with Gasteiger partial charge in [0.15, 0.2) is 0 Å². The summed E-state index contributed by atoms with van der Waals surface area (Å²) in [7, 11) is 3.28. The number of anilines is 5. The molecule has 0 aliphatic carbocycles. The highest BCUT2D eigenvalue weighted by molar-refractivity contribution is 5.54. The van der Waals surface area contributed by atoms with Crippen LogP contribution in [0.5, 0.6) is 11.5 Å². The van der Waals surface area contributed by atoms with Crippen LogP contribution >= 0.6 is 0 Å². The highest BCUT2D eigenvalue weighted by atomic mass is 16.5. The highest BCUT2D eigenvalue weighted by Gasteiger charge is 2.19. The maximum atomic E-state index is 5.21. The predicted octanol–water partition coefficient (Wildman–Crippen LogP) is 2.91. The Bertz CT molecular complexity index is 970. The van der Waals surface area contributed by atoms with Crippen LogP contribution in [0.2, 0.25) is 0 Å². The molecule has 180 valence electrons. The maximum Gasteiger partial charge on any atom is 0.248 e. The van der Waals surface area contributed by atoms with E-state index in [4.69, 9.17) is 9.47 Å². The van der Waals surface area contributed by atoms with Crippen LogP contribution in [0.3, 0.4) is 0 Å². The zero-order valence-corrected chi connectivity index (χ0v) is 19.7. The molecule has 11 nitrogen and oxygen atoms in total. The Morgan fingerprint density at radius 2 is 1.15 bits per heavy atom. The summed E-state index contributed by atoms with van der Waals surface area (Å²) < 4.78 is 10.4. The molecule has 0 unspecified atom stereocenters. The van der Waals surface area contributed by atoms with E-state index in [0.717, 1.165) is 55.6 Å². The number of nitrogens with zero attached hydrogens (tertiary/aromatic N) is 5. The largest absolute Gasteiger partial charge is 0.497 e. The molecule has 0 atom stereocenters. The Hall–Kier alpha value is -3.99. The summed E-state index contributed by atoms with van der Waals surface area (Å²) in [4.78, 5) is 18.4. The molecule has 0 bridgehead atoms. The first-order valence-electron chi connectivity index (χ1n) is 11.2. The first kappa shape index (κ1) is 23.2. The summed E-state index contributed by atoms with van der Waals surface area (Å²) in [6.07, 6.45) is 0. The fourth-order valence-corrected chi connectivity index (χ4v) is 3.49. The van der Waals surface area contributed by atoms with Crippen LogP contribution in [-0.4, -0.2) is 66.8 Å². The van der Waals surface area contributed by atoms with Gasteiger partial charge in [0.1, 0.15) is 11.5 Å². The van der Waals surface area contributed by atoms with Crippen molar-refractivity contribution >= 4 is 29.2 Å². The normalized spacial score (nSPS) is 13.8. The molecule has 34 heavy (non-hydrogen) atoms. The Kier molecular flexibility index (Phi) is 7.66. The number of nitrogens with one attached hydrogen (secondary N) is 4. The van der Waals surface area contributed by atoms with Gasteiger partial charge in [-0.2, -0.15) is 15.0 Å². The monoisotopic (exact) mass is 465 g/mol. The van der Waals surface area contributed by atoms with E-state index in [1.54, 1.807) is 14.2 Å². The minimum absolute atomic E-state index is 0.401. The number of piperazine rings is 1. The lowest BCUT2D eigenvalue weighted by Crippen LogP contribution is -2.46. The Morgan fingerprint density at radius 3 is 1.56 bits per heavy atom. The van der Waals surface area contributed by atoms with Crippen molar-refractivity contribution in [2.24, 2.45) is 0 Å². The van der Waals surface area contributed by atoms with Crippen LogP contribution in [0.15, 0.2) is 48.5 Å².